The number of esters is 1. The van der Waals surface area contributed by atoms with E-state index in [1.54, 1.807) is 6.92 Å². The number of ether oxygens (including phenoxy) is 1. The first-order valence-electron chi connectivity index (χ1n) is 13.2. The van der Waals surface area contributed by atoms with E-state index in [1.165, 1.54) is 0 Å². The maximum Gasteiger partial charge on any atom is 0.358 e. The van der Waals surface area contributed by atoms with Crippen LogP contribution in [0.4, 0.5) is 0 Å². The number of carbonyl (C=O) groups excluding carboxylic acids is 2. The average molecular weight is 551 g/mol. The summed E-state index contributed by atoms with van der Waals surface area (Å²) >= 11 is 0. The van der Waals surface area contributed by atoms with Crippen molar-refractivity contribution in [2.45, 2.75) is 60.3 Å². The van der Waals surface area contributed by atoms with Gasteiger partial charge in [-0.15, -0.1) is 0 Å². The molecule has 1 amide bonds. The highest BCUT2D eigenvalue weighted by Crippen LogP contribution is 2.19. The van der Waals surface area contributed by atoms with Gasteiger partial charge in [0.2, 0.25) is 0 Å². The fourth-order valence-corrected chi connectivity index (χ4v) is 3.71. The zero-order chi connectivity index (χ0) is 30.0. The van der Waals surface area contributed by atoms with Gasteiger partial charge in [-0.25, -0.2) is 9.78 Å². The molecule has 0 spiro atoms. The molecule has 2 N–H and O–H groups in total. The molecular formula is C28H46N4O7. The Balaban J connectivity index is 0.00000220. The molecule has 2 aromatic heterocycles. The van der Waals surface area contributed by atoms with Crippen LogP contribution in [0.1, 0.15) is 80.4 Å². The molecule has 0 saturated carbocycles. The molecule has 2 rings (SSSR count). The number of imidazole rings is 1. The molecule has 2 heterocycles. The summed E-state index contributed by atoms with van der Waals surface area (Å²) in [5.41, 5.74) is 2.43. The van der Waals surface area contributed by atoms with Gasteiger partial charge in [0.1, 0.15) is 5.65 Å². The van der Waals surface area contributed by atoms with E-state index in [4.69, 9.17) is 24.5 Å². The molecule has 39 heavy (non-hydrogen) atoms. The summed E-state index contributed by atoms with van der Waals surface area (Å²) in [6.45, 7) is 12.7. The first-order chi connectivity index (χ1) is 18.5. The predicted molar refractivity (Wildman–Crippen MR) is 150 cm³/mol. The lowest BCUT2D eigenvalue weighted by atomic mass is 10.1. The standard InChI is InChI=1S/C26H42N4O3.2CH2O2/c1-8-33-26(32)24-22(10-9-15-28(6)7)30-18-21(11-12-23(30)27-24)25(31)29(16-13-19(2)3)17-14-20(4)5;2*2-1-3/h11-12,18-20H,8-10,13-17H2,1-7H3;2*1H,(H,2,3). The van der Waals surface area contributed by atoms with Crippen LogP contribution in [0.5, 0.6) is 0 Å². The van der Waals surface area contributed by atoms with Crippen molar-refractivity contribution in [3.63, 3.8) is 0 Å². The zero-order valence-electron chi connectivity index (χ0n) is 24.4. The van der Waals surface area contributed by atoms with Gasteiger partial charge in [0, 0.05) is 19.3 Å². The lowest BCUT2D eigenvalue weighted by Crippen LogP contribution is -2.34. The second-order valence-electron chi connectivity index (χ2n) is 10.0. The summed E-state index contributed by atoms with van der Waals surface area (Å²) < 4.78 is 7.15. The lowest BCUT2D eigenvalue weighted by Gasteiger charge is -2.24. The third-order valence-corrected chi connectivity index (χ3v) is 5.69. The van der Waals surface area contributed by atoms with E-state index in [0.717, 1.165) is 44.6 Å². The molecule has 0 radical (unpaired) electrons. The highest BCUT2D eigenvalue weighted by atomic mass is 16.5. The minimum absolute atomic E-state index is 0.0313. The normalized spacial score (nSPS) is 10.5. The van der Waals surface area contributed by atoms with Gasteiger partial charge >= 0.3 is 5.97 Å². The Morgan fingerprint density at radius 1 is 1.00 bits per heavy atom. The maximum absolute atomic E-state index is 13.5. The molecule has 0 bridgehead atoms. The van der Waals surface area contributed by atoms with Gasteiger partial charge < -0.3 is 29.2 Å². The number of fused-ring (bicyclic) bond motifs is 1. The van der Waals surface area contributed by atoms with E-state index >= 15 is 0 Å². The van der Waals surface area contributed by atoms with Gasteiger partial charge in [0.15, 0.2) is 5.69 Å². The van der Waals surface area contributed by atoms with E-state index in [2.05, 4.69) is 37.6 Å². The fraction of sp³-hybridized carbons (Fsp3) is 0.607. The smallest absolute Gasteiger partial charge is 0.358 e. The van der Waals surface area contributed by atoms with E-state index in [1.807, 2.05) is 41.7 Å². The van der Waals surface area contributed by atoms with Crippen LogP contribution >= 0.6 is 0 Å². The van der Waals surface area contributed by atoms with Crippen LogP contribution < -0.4 is 0 Å². The van der Waals surface area contributed by atoms with Crippen LogP contribution in [0.25, 0.3) is 5.65 Å². The van der Waals surface area contributed by atoms with Crippen LogP contribution in [-0.2, 0) is 20.7 Å². The Hall–Kier alpha value is -3.47. The topological polar surface area (TPSA) is 142 Å². The number of aromatic nitrogens is 2. The number of amides is 1. The van der Waals surface area contributed by atoms with Crippen LogP contribution in [0.15, 0.2) is 18.3 Å². The van der Waals surface area contributed by atoms with Crippen molar-refractivity contribution in [3.8, 4) is 0 Å². The van der Waals surface area contributed by atoms with Gasteiger partial charge in [0.25, 0.3) is 18.9 Å². The molecular weight excluding hydrogens is 504 g/mol. The number of aryl methyl sites for hydroxylation is 1. The predicted octanol–water partition coefficient (Wildman–Crippen LogP) is 3.94. The largest absolute Gasteiger partial charge is 0.483 e. The number of nitrogens with zero attached hydrogens (tertiary/aromatic N) is 4. The molecule has 2 aromatic rings. The first kappa shape index (κ1) is 35.5. The maximum atomic E-state index is 13.5. The van der Waals surface area contributed by atoms with Crippen molar-refractivity contribution < 1.29 is 34.1 Å². The van der Waals surface area contributed by atoms with Gasteiger partial charge in [-0.2, -0.15) is 0 Å². The zero-order valence-corrected chi connectivity index (χ0v) is 24.4. The number of carboxylic acid groups (broad SMARTS) is 2. The third-order valence-electron chi connectivity index (χ3n) is 5.69. The van der Waals surface area contributed by atoms with Gasteiger partial charge in [-0.3, -0.25) is 14.4 Å². The molecule has 0 atom stereocenters. The van der Waals surface area contributed by atoms with Crippen molar-refractivity contribution >= 4 is 30.5 Å². The lowest BCUT2D eigenvalue weighted by molar-refractivity contribution is -0.123. The second-order valence-corrected chi connectivity index (χ2v) is 10.0. The minimum atomic E-state index is -0.413. The highest BCUT2D eigenvalue weighted by molar-refractivity contribution is 5.95. The summed E-state index contributed by atoms with van der Waals surface area (Å²) in [5, 5.41) is 13.8. The van der Waals surface area contributed by atoms with Crippen molar-refractivity contribution in [2.75, 3.05) is 40.3 Å². The Morgan fingerprint density at radius 3 is 2.00 bits per heavy atom. The summed E-state index contributed by atoms with van der Waals surface area (Å²) in [6.07, 6.45) is 5.34. The van der Waals surface area contributed by atoms with Crippen LogP contribution in [-0.4, -0.2) is 94.6 Å². The molecule has 0 aliphatic rings. The van der Waals surface area contributed by atoms with E-state index in [-0.39, 0.29) is 18.9 Å². The van der Waals surface area contributed by atoms with Gasteiger partial charge in [0.05, 0.1) is 17.9 Å². The Morgan fingerprint density at radius 2 is 1.54 bits per heavy atom. The van der Waals surface area contributed by atoms with Crippen LogP contribution in [0, 0.1) is 11.8 Å². The number of rotatable bonds is 13. The number of hydrogen-bond acceptors (Lipinski definition) is 7. The molecule has 0 aliphatic heterocycles. The number of carbonyl (C=O) groups is 4. The first-order valence-corrected chi connectivity index (χ1v) is 13.2. The monoisotopic (exact) mass is 550 g/mol. The SMILES string of the molecule is CCOC(=O)c1nc2ccc(C(=O)N(CCC(C)C)CCC(C)C)cn2c1CCCN(C)C.O=CO.O=CO. The summed E-state index contributed by atoms with van der Waals surface area (Å²) in [5.74, 6) is 0.685. The summed E-state index contributed by atoms with van der Waals surface area (Å²) in [6, 6.07) is 3.65. The third kappa shape index (κ3) is 13.2. The van der Waals surface area contributed by atoms with Crippen molar-refractivity contribution in [2.24, 2.45) is 11.8 Å². The van der Waals surface area contributed by atoms with E-state index in [9.17, 15) is 9.59 Å². The van der Waals surface area contributed by atoms with E-state index < -0.39 is 5.97 Å². The molecule has 0 aromatic carbocycles. The molecule has 0 fully saturated rings. The molecule has 0 unspecified atom stereocenters. The fourth-order valence-electron chi connectivity index (χ4n) is 3.71. The number of hydrogen-bond donors (Lipinski definition) is 2. The molecule has 0 aliphatic carbocycles. The second kappa shape index (κ2) is 19.6. The minimum Gasteiger partial charge on any atom is -0.483 e. The van der Waals surface area contributed by atoms with Gasteiger partial charge in [-0.05, 0) is 77.2 Å². The quantitative estimate of drug-likeness (QED) is 0.280. The summed E-state index contributed by atoms with van der Waals surface area (Å²) in [7, 11) is 4.06. The van der Waals surface area contributed by atoms with E-state index in [0.29, 0.717) is 41.8 Å². The average Bonchev–Trinajstić information content (AvgIpc) is 3.22. The Labute approximate surface area is 231 Å². The summed E-state index contributed by atoms with van der Waals surface area (Å²) in [4.78, 5) is 51.4. The Bertz CT molecular complexity index is 1000. The van der Waals surface area contributed by atoms with Crippen molar-refractivity contribution in [1.82, 2.24) is 19.2 Å². The molecule has 220 valence electrons. The van der Waals surface area contributed by atoms with Crippen molar-refractivity contribution in [3.05, 3.63) is 35.3 Å². The molecule has 11 heteroatoms. The van der Waals surface area contributed by atoms with Crippen molar-refractivity contribution in [1.29, 1.82) is 0 Å². The Kier molecular flexibility index (Phi) is 17.8. The highest BCUT2D eigenvalue weighted by Gasteiger charge is 2.22. The van der Waals surface area contributed by atoms with Gasteiger partial charge in [-0.1, -0.05) is 27.7 Å². The molecule has 0 saturated heterocycles. The molecule has 11 nitrogen and oxygen atoms in total. The van der Waals surface area contributed by atoms with Crippen LogP contribution in [0.3, 0.4) is 0 Å². The van der Waals surface area contributed by atoms with Crippen LogP contribution in [0.2, 0.25) is 0 Å². The number of pyridine rings is 1.